The highest BCUT2D eigenvalue weighted by atomic mass is 35.5. The van der Waals surface area contributed by atoms with Gasteiger partial charge in [-0.15, -0.1) is 12.4 Å². The number of hydrogen-bond donors (Lipinski definition) is 1. The number of hydrogen-bond acceptors (Lipinski definition) is 3. The number of rotatable bonds is 3. The monoisotopic (exact) mass is 283 g/mol. The minimum absolute atomic E-state index is 0. The topological polar surface area (TPSA) is 52.3 Å². The van der Waals surface area contributed by atoms with Crippen molar-refractivity contribution in [2.75, 3.05) is 7.11 Å². The van der Waals surface area contributed by atoms with Crippen LogP contribution in [0.1, 0.15) is 23.6 Å². The summed E-state index contributed by atoms with van der Waals surface area (Å²) in [7, 11) is 1.16. The first-order chi connectivity index (χ1) is 7.86. The van der Waals surface area contributed by atoms with Crippen molar-refractivity contribution in [3.63, 3.8) is 0 Å². The summed E-state index contributed by atoms with van der Waals surface area (Å²) in [6, 6.07) is 3.89. The quantitative estimate of drug-likeness (QED) is 0.868. The van der Waals surface area contributed by atoms with Gasteiger partial charge in [0.25, 0.3) is 0 Å². The van der Waals surface area contributed by atoms with Crippen LogP contribution in [0.25, 0.3) is 0 Å². The van der Waals surface area contributed by atoms with Crippen molar-refractivity contribution in [1.29, 1.82) is 0 Å². The molecule has 2 N–H and O–H groups in total. The molecule has 0 heterocycles. The van der Waals surface area contributed by atoms with E-state index >= 15 is 0 Å². The van der Waals surface area contributed by atoms with Crippen molar-refractivity contribution < 1.29 is 22.7 Å². The second-order valence-electron chi connectivity index (χ2n) is 3.47. The number of methoxy groups -OCH3 is 1. The summed E-state index contributed by atoms with van der Waals surface area (Å²) in [4.78, 5) is 11.0. The summed E-state index contributed by atoms with van der Waals surface area (Å²) in [6.07, 6.45) is -4.77. The number of carbonyl (C=O) groups is 1. The van der Waals surface area contributed by atoms with Crippen LogP contribution in [0.2, 0.25) is 0 Å². The predicted octanol–water partition coefficient (Wildman–Crippen LogP) is 2.69. The Kier molecular flexibility index (Phi) is 6.14. The van der Waals surface area contributed by atoms with Gasteiger partial charge in [-0.2, -0.15) is 13.2 Å². The fraction of sp³-hybridized carbons (Fsp3) is 0.364. The molecular formula is C11H13ClF3NO2. The lowest BCUT2D eigenvalue weighted by atomic mass is 9.98. The van der Waals surface area contributed by atoms with E-state index in [4.69, 9.17) is 5.73 Å². The van der Waals surface area contributed by atoms with Gasteiger partial charge in [0.05, 0.1) is 19.1 Å². The zero-order valence-electron chi connectivity index (χ0n) is 9.53. The molecule has 0 saturated carbocycles. The highest BCUT2D eigenvalue weighted by Gasteiger charge is 2.34. The first-order valence-corrected chi connectivity index (χ1v) is 4.84. The maximum absolute atomic E-state index is 12.7. The van der Waals surface area contributed by atoms with Gasteiger partial charge in [-0.1, -0.05) is 18.2 Å². The molecule has 0 aromatic heterocycles. The minimum Gasteiger partial charge on any atom is -0.469 e. The van der Waals surface area contributed by atoms with Crippen LogP contribution in [-0.2, 0) is 15.7 Å². The molecular weight excluding hydrogens is 271 g/mol. The van der Waals surface area contributed by atoms with Crippen molar-refractivity contribution in [3.8, 4) is 0 Å². The molecule has 0 aliphatic heterocycles. The van der Waals surface area contributed by atoms with Crippen molar-refractivity contribution in [1.82, 2.24) is 0 Å². The van der Waals surface area contributed by atoms with Crippen LogP contribution >= 0.6 is 12.4 Å². The van der Waals surface area contributed by atoms with E-state index in [1.54, 1.807) is 0 Å². The summed E-state index contributed by atoms with van der Waals surface area (Å²) < 4.78 is 42.3. The number of esters is 1. The Morgan fingerprint density at radius 3 is 2.44 bits per heavy atom. The second kappa shape index (κ2) is 6.61. The van der Waals surface area contributed by atoms with Crippen LogP contribution in [0.4, 0.5) is 13.2 Å². The summed E-state index contributed by atoms with van der Waals surface area (Å²) in [5.41, 5.74) is 4.64. The molecule has 0 aliphatic carbocycles. The number of ether oxygens (including phenoxy) is 1. The molecule has 0 aliphatic rings. The van der Waals surface area contributed by atoms with E-state index in [0.717, 1.165) is 13.2 Å². The van der Waals surface area contributed by atoms with E-state index < -0.39 is 23.8 Å². The minimum atomic E-state index is -4.48. The van der Waals surface area contributed by atoms with Crippen LogP contribution in [0.3, 0.4) is 0 Å². The Hall–Kier alpha value is -1.27. The Morgan fingerprint density at radius 1 is 1.39 bits per heavy atom. The third-order valence-corrected chi connectivity index (χ3v) is 2.28. The highest BCUT2D eigenvalue weighted by molar-refractivity contribution is 5.85. The normalized spacial score (nSPS) is 12.5. The average molecular weight is 284 g/mol. The van der Waals surface area contributed by atoms with Crippen molar-refractivity contribution in [2.45, 2.75) is 18.6 Å². The van der Waals surface area contributed by atoms with E-state index in [1.165, 1.54) is 18.2 Å². The fourth-order valence-corrected chi connectivity index (χ4v) is 1.45. The number of nitrogens with two attached hydrogens (primary N) is 1. The molecule has 1 rings (SSSR count). The number of halogens is 4. The van der Waals surface area contributed by atoms with Crippen LogP contribution in [0.15, 0.2) is 24.3 Å². The first-order valence-electron chi connectivity index (χ1n) is 4.84. The second-order valence-corrected chi connectivity index (χ2v) is 3.47. The molecule has 0 fully saturated rings. The standard InChI is InChI=1S/C11H12F3NO2.ClH/c1-17-10(16)6-9(15)7-4-2-3-5-8(7)11(12,13)14;/h2-5,9H,6,15H2,1H3;1H/t9-;/m0./s1. The number of alkyl halides is 3. The molecule has 1 atom stereocenters. The molecule has 1 aromatic carbocycles. The summed E-state index contributed by atoms with van der Waals surface area (Å²) in [5, 5.41) is 0. The largest absolute Gasteiger partial charge is 0.469 e. The molecule has 7 heteroatoms. The maximum atomic E-state index is 12.7. The highest BCUT2D eigenvalue weighted by Crippen LogP contribution is 2.34. The van der Waals surface area contributed by atoms with Gasteiger partial charge in [0, 0.05) is 6.04 Å². The van der Waals surface area contributed by atoms with Gasteiger partial charge in [0.1, 0.15) is 0 Å². The van der Waals surface area contributed by atoms with E-state index in [0.29, 0.717) is 0 Å². The molecule has 3 nitrogen and oxygen atoms in total. The van der Waals surface area contributed by atoms with Gasteiger partial charge in [-0.25, -0.2) is 0 Å². The lowest BCUT2D eigenvalue weighted by Crippen LogP contribution is -2.20. The zero-order chi connectivity index (χ0) is 13.1. The summed E-state index contributed by atoms with van der Waals surface area (Å²) >= 11 is 0. The molecule has 1 aromatic rings. The molecule has 0 saturated heterocycles. The zero-order valence-corrected chi connectivity index (χ0v) is 10.3. The SMILES string of the molecule is COC(=O)C[C@H](N)c1ccccc1C(F)(F)F.Cl. The van der Waals surface area contributed by atoms with Crippen LogP contribution < -0.4 is 5.73 Å². The smallest absolute Gasteiger partial charge is 0.416 e. The van der Waals surface area contributed by atoms with Crippen molar-refractivity contribution >= 4 is 18.4 Å². The molecule has 102 valence electrons. The molecule has 0 spiro atoms. The summed E-state index contributed by atoms with van der Waals surface area (Å²) in [6.45, 7) is 0. The van der Waals surface area contributed by atoms with Gasteiger partial charge < -0.3 is 10.5 Å². The Morgan fingerprint density at radius 2 is 1.94 bits per heavy atom. The molecule has 18 heavy (non-hydrogen) atoms. The number of benzene rings is 1. The molecule has 0 unspecified atom stereocenters. The molecule has 0 radical (unpaired) electrons. The first kappa shape index (κ1) is 16.7. The predicted molar refractivity (Wildman–Crippen MR) is 62.3 cm³/mol. The Balaban J connectivity index is 0.00000289. The lowest BCUT2D eigenvalue weighted by Gasteiger charge is -2.17. The summed E-state index contributed by atoms with van der Waals surface area (Å²) in [5.74, 6) is -0.644. The molecule has 0 bridgehead atoms. The number of carbonyl (C=O) groups excluding carboxylic acids is 1. The van der Waals surface area contributed by atoms with E-state index in [-0.39, 0.29) is 24.4 Å². The van der Waals surface area contributed by atoms with E-state index in [9.17, 15) is 18.0 Å². The lowest BCUT2D eigenvalue weighted by molar-refractivity contribution is -0.142. The van der Waals surface area contributed by atoms with Crippen molar-refractivity contribution in [3.05, 3.63) is 35.4 Å². The van der Waals surface area contributed by atoms with Gasteiger partial charge in [0.15, 0.2) is 0 Å². The van der Waals surface area contributed by atoms with Gasteiger partial charge >= 0.3 is 12.1 Å². The van der Waals surface area contributed by atoms with Crippen LogP contribution in [0.5, 0.6) is 0 Å². The van der Waals surface area contributed by atoms with E-state index in [2.05, 4.69) is 4.74 Å². The average Bonchev–Trinajstić information content (AvgIpc) is 2.27. The Bertz CT molecular complexity index is 410. The third-order valence-electron chi connectivity index (χ3n) is 2.28. The molecule has 0 amide bonds. The Labute approximate surface area is 109 Å². The fourth-order valence-electron chi connectivity index (χ4n) is 1.45. The van der Waals surface area contributed by atoms with Gasteiger partial charge in [0.2, 0.25) is 0 Å². The third kappa shape index (κ3) is 4.19. The van der Waals surface area contributed by atoms with Crippen LogP contribution in [-0.4, -0.2) is 13.1 Å². The van der Waals surface area contributed by atoms with Gasteiger partial charge in [-0.3, -0.25) is 4.79 Å². The maximum Gasteiger partial charge on any atom is 0.416 e. The van der Waals surface area contributed by atoms with Crippen molar-refractivity contribution in [2.24, 2.45) is 5.73 Å². The van der Waals surface area contributed by atoms with E-state index in [1.807, 2.05) is 0 Å². The van der Waals surface area contributed by atoms with Crippen LogP contribution in [0, 0.1) is 0 Å². The van der Waals surface area contributed by atoms with Gasteiger partial charge in [-0.05, 0) is 11.6 Å².